The van der Waals surface area contributed by atoms with Gasteiger partial charge >= 0.3 is 0 Å². The fourth-order valence-corrected chi connectivity index (χ4v) is 3.07. The van der Waals surface area contributed by atoms with Gasteiger partial charge in [-0.05, 0) is 36.6 Å². The van der Waals surface area contributed by atoms with Crippen LogP contribution in [0.3, 0.4) is 0 Å². The number of hydrogen-bond acceptors (Lipinski definition) is 3. The number of nitrogens with zero attached hydrogens (tertiary/aromatic N) is 1. The predicted octanol–water partition coefficient (Wildman–Crippen LogP) is 1.89. The molecule has 1 heterocycles. The van der Waals surface area contributed by atoms with Crippen molar-refractivity contribution in [1.29, 1.82) is 0 Å². The van der Waals surface area contributed by atoms with Crippen LogP contribution in [-0.4, -0.2) is 34.4 Å². The fourth-order valence-electron chi connectivity index (χ4n) is 2.53. The Morgan fingerprint density at radius 3 is 2.52 bits per heavy atom. The molecule has 1 aliphatic heterocycles. The number of likely N-dealkylation sites (tertiary alicyclic amines) is 1. The van der Waals surface area contributed by atoms with E-state index in [9.17, 15) is 14.7 Å². The molecular weight excluding hydrogens is 315 g/mol. The van der Waals surface area contributed by atoms with Gasteiger partial charge in [0.15, 0.2) is 0 Å². The molecule has 2 rings (SSSR count). The van der Waals surface area contributed by atoms with E-state index in [0.29, 0.717) is 28.6 Å². The molecule has 0 saturated carbocycles. The number of rotatable bonds is 4. The van der Waals surface area contributed by atoms with E-state index in [1.807, 2.05) is 0 Å². The van der Waals surface area contributed by atoms with Crippen LogP contribution in [0.1, 0.15) is 30.9 Å². The molecule has 1 aromatic carbocycles. The first kappa shape index (κ1) is 16.1. The maximum Gasteiger partial charge on any atom is 0.240 e. The number of carbonyl (C=O) groups is 2. The second-order valence-corrected chi connectivity index (χ2v) is 5.94. The second kappa shape index (κ2) is 6.64. The van der Waals surface area contributed by atoms with E-state index in [1.54, 1.807) is 18.2 Å². The van der Waals surface area contributed by atoms with Crippen molar-refractivity contribution in [2.45, 2.75) is 31.4 Å². The maximum atomic E-state index is 12.2. The highest BCUT2D eigenvalue weighted by molar-refractivity contribution is 6.34. The van der Waals surface area contributed by atoms with Gasteiger partial charge in [0, 0.05) is 16.6 Å². The van der Waals surface area contributed by atoms with Crippen molar-refractivity contribution in [3.63, 3.8) is 0 Å². The minimum atomic E-state index is -1.03. The van der Waals surface area contributed by atoms with Crippen LogP contribution in [-0.2, 0) is 9.59 Å². The van der Waals surface area contributed by atoms with E-state index in [-0.39, 0.29) is 12.3 Å². The summed E-state index contributed by atoms with van der Waals surface area (Å²) in [6.45, 7) is 0.482. The summed E-state index contributed by atoms with van der Waals surface area (Å²) >= 11 is 11.7. The molecule has 0 radical (unpaired) electrons. The number of primary amides is 1. The van der Waals surface area contributed by atoms with Crippen LogP contribution in [0.15, 0.2) is 18.2 Å². The number of halogens is 2. The first-order chi connectivity index (χ1) is 9.88. The SMILES string of the molecule is NC(=O)C1CCCN1C(=O)CC(O)c1cc(Cl)cc(Cl)c1. The fraction of sp³-hybridized carbons (Fsp3) is 0.429. The lowest BCUT2D eigenvalue weighted by molar-refractivity contribution is -0.138. The Morgan fingerprint density at radius 1 is 1.33 bits per heavy atom. The van der Waals surface area contributed by atoms with Gasteiger partial charge in [0.2, 0.25) is 11.8 Å². The molecule has 0 aliphatic carbocycles. The van der Waals surface area contributed by atoms with Crippen molar-refractivity contribution in [2.24, 2.45) is 5.73 Å². The molecule has 0 bridgehead atoms. The summed E-state index contributed by atoms with van der Waals surface area (Å²) in [6.07, 6.45) is 0.141. The van der Waals surface area contributed by atoms with Crippen LogP contribution >= 0.6 is 23.2 Å². The molecule has 1 aromatic rings. The molecule has 1 aliphatic rings. The number of amides is 2. The van der Waals surface area contributed by atoms with Crippen molar-refractivity contribution in [3.05, 3.63) is 33.8 Å². The lowest BCUT2D eigenvalue weighted by Gasteiger charge is -2.23. The zero-order valence-corrected chi connectivity index (χ0v) is 12.8. The van der Waals surface area contributed by atoms with Crippen LogP contribution in [0.4, 0.5) is 0 Å². The maximum absolute atomic E-state index is 12.2. The average molecular weight is 331 g/mol. The zero-order valence-electron chi connectivity index (χ0n) is 11.3. The standard InChI is InChI=1S/C14H16Cl2N2O3/c15-9-4-8(5-10(16)6-9)12(19)7-13(20)18-3-1-2-11(18)14(17)21/h4-6,11-12,19H,1-3,7H2,(H2,17,21). The highest BCUT2D eigenvalue weighted by Crippen LogP contribution is 2.27. The average Bonchev–Trinajstić information content (AvgIpc) is 2.86. The van der Waals surface area contributed by atoms with E-state index in [4.69, 9.17) is 28.9 Å². The molecule has 3 N–H and O–H groups in total. The summed E-state index contributed by atoms with van der Waals surface area (Å²) in [6, 6.07) is 4.08. The molecule has 2 amide bonds. The number of aliphatic hydroxyl groups is 1. The quantitative estimate of drug-likeness (QED) is 0.884. The van der Waals surface area contributed by atoms with E-state index < -0.39 is 18.1 Å². The van der Waals surface area contributed by atoms with Crippen molar-refractivity contribution >= 4 is 35.0 Å². The molecular formula is C14H16Cl2N2O3. The van der Waals surface area contributed by atoms with Crippen molar-refractivity contribution in [2.75, 3.05) is 6.54 Å². The molecule has 0 spiro atoms. The molecule has 114 valence electrons. The number of hydrogen-bond donors (Lipinski definition) is 2. The lowest BCUT2D eigenvalue weighted by Crippen LogP contribution is -2.44. The van der Waals surface area contributed by atoms with Gasteiger partial charge < -0.3 is 15.7 Å². The van der Waals surface area contributed by atoms with Crippen LogP contribution in [0.2, 0.25) is 10.0 Å². The Balaban J connectivity index is 2.06. The van der Waals surface area contributed by atoms with E-state index >= 15 is 0 Å². The summed E-state index contributed by atoms with van der Waals surface area (Å²) in [5.41, 5.74) is 5.75. The summed E-state index contributed by atoms with van der Waals surface area (Å²) < 4.78 is 0. The summed E-state index contributed by atoms with van der Waals surface area (Å²) in [7, 11) is 0. The third kappa shape index (κ3) is 3.87. The Hall–Kier alpha value is -1.30. The highest BCUT2D eigenvalue weighted by Gasteiger charge is 2.33. The summed E-state index contributed by atoms with van der Waals surface area (Å²) in [5.74, 6) is -0.818. The molecule has 7 heteroatoms. The van der Waals surface area contributed by atoms with Gasteiger partial charge in [-0.15, -0.1) is 0 Å². The van der Waals surface area contributed by atoms with Gasteiger partial charge in [-0.3, -0.25) is 9.59 Å². The molecule has 1 fully saturated rings. The molecule has 2 unspecified atom stereocenters. The van der Waals surface area contributed by atoms with Crippen molar-refractivity contribution in [1.82, 2.24) is 4.90 Å². The van der Waals surface area contributed by atoms with Crippen molar-refractivity contribution in [3.8, 4) is 0 Å². The normalized spacial score (nSPS) is 19.6. The van der Waals surface area contributed by atoms with Gasteiger partial charge in [0.1, 0.15) is 6.04 Å². The Labute approximate surface area is 132 Å². The molecule has 1 saturated heterocycles. The third-order valence-corrected chi connectivity index (χ3v) is 3.98. The highest BCUT2D eigenvalue weighted by atomic mass is 35.5. The minimum absolute atomic E-state index is 0.138. The van der Waals surface area contributed by atoms with Gasteiger partial charge in [0.05, 0.1) is 12.5 Å². The first-order valence-electron chi connectivity index (χ1n) is 6.61. The van der Waals surface area contributed by atoms with E-state index in [0.717, 1.165) is 6.42 Å². The molecule has 2 atom stereocenters. The topological polar surface area (TPSA) is 83.6 Å². The number of aliphatic hydroxyl groups excluding tert-OH is 1. The Bertz CT molecular complexity index is 545. The van der Waals surface area contributed by atoms with Gasteiger partial charge in [-0.25, -0.2) is 0 Å². The van der Waals surface area contributed by atoms with Crippen LogP contribution in [0, 0.1) is 0 Å². The van der Waals surface area contributed by atoms with Crippen LogP contribution in [0.25, 0.3) is 0 Å². The smallest absolute Gasteiger partial charge is 0.240 e. The zero-order chi connectivity index (χ0) is 15.6. The molecule has 21 heavy (non-hydrogen) atoms. The molecule has 0 aromatic heterocycles. The number of nitrogens with two attached hydrogens (primary N) is 1. The van der Waals surface area contributed by atoms with Crippen LogP contribution < -0.4 is 5.73 Å². The second-order valence-electron chi connectivity index (χ2n) is 5.07. The van der Waals surface area contributed by atoms with E-state index in [1.165, 1.54) is 4.90 Å². The van der Waals surface area contributed by atoms with Gasteiger partial charge in [-0.1, -0.05) is 23.2 Å². The van der Waals surface area contributed by atoms with E-state index in [2.05, 4.69) is 0 Å². The minimum Gasteiger partial charge on any atom is -0.388 e. The third-order valence-electron chi connectivity index (χ3n) is 3.54. The Morgan fingerprint density at radius 2 is 1.95 bits per heavy atom. The Kier molecular flexibility index (Phi) is 5.08. The first-order valence-corrected chi connectivity index (χ1v) is 7.37. The van der Waals surface area contributed by atoms with Gasteiger partial charge in [0.25, 0.3) is 0 Å². The lowest BCUT2D eigenvalue weighted by atomic mass is 10.1. The van der Waals surface area contributed by atoms with Crippen LogP contribution in [0.5, 0.6) is 0 Å². The number of benzene rings is 1. The van der Waals surface area contributed by atoms with Gasteiger partial charge in [-0.2, -0.15) is 0 Å². The summed E-state index contributed by atoms with van der Waals surface area (Å²) in [5, 5.41) is 10.9. The van der Waals surface area contributed by atoms with Crippen molar-refractivity contribution < 1.29 is 14.7 Å². The molecule has 5 nitrogen and oxygen atoms in total. The predicted molar refractivity (Wildman–Crippen MR) is 80.0 cm³/mol. The monoisotopic (exact) mass is 330 g/mol. The largest absolute Gasteiger partial charge is 0.388 e. The number of carbonyl (C=O) groups excluding carboxylic acids is 2. The summed E-state index contributed by atoms with van der Waals surface area (Å²) in [4.78, 5) is 24.9.